The highest BCUT2D eigenvalue weighted by atomic mass is 16.5. The second kappa shape index (κ2) is 6.34. The Morgan fingerprint density at radius 3 is 2.42 bits per heavy atom. The molecule has 0 bridgehead atoms. The van der Waals surface area contributed by atoms with Crippen molar-refractivity contribution in [1.29, 1.82) is 0 Å². The first kappa shape index (κ1) is 14.3. The zero-order chi connectivity index (χ0) is 13.8. The summed E-state index contributed by atoms with van der Waals surface area (Å²) in [6.07, 6.45) is 2.36. The average Bonchev–Trinajstić information content (AvgIpc) is 2.86. The lowest BCUT2D eigenvalue weighted by Gasteiger charge is -2.31. The molecule has 1 unspecified atom stereocenters. The normalized spacial score (nSPS) is 25.7. The first-order valence-electron chi connectivity index (χ1n) is 6.86. The van der Waals surface area contributed by atoms with E-state index in [1.165, 1.54) is 0 Å². The van der Waals surface area contributed by atoms with Crippen LogP contribution in [0.15, 0.2) is 0 Å². The van der Waals surface area contributed by atoms with Crippen molar-refractivity contribution in [1.82, 2.24) is 9.80 Å². The highest BCUT2D eigenvalue weighted by molar-refractivity contribution is 5.79. The van der Waals surface area contributed by atoms with Crippen LogP contribution in [-0.4, -0.2) is 72.7 Å². The molecule has 6 nitrogen and oxygen atoms in total. The lowest BCUT2D eigenvalue weighted by molar-refractivity contribution is -0.145. The summed E-state index contributed by atoms with van der Waals surface area (Å²) in [4.78, 5) is 26.9. The monoisotopic (exact) mass is 270 g/mol. The number of amides is 1. The van der Waals surface area contributed by atoms with Crippen molar-refractivity contribution in [3.8, 4) is 0 Å². The Morgan fingerprint density at radius 2 is 1.89 bits per heavy atom. The first-order valence-corrected chi connectivity index (χ1v) is 6.86. The van der Waals surface area contributed by atoms with Crippen molar-refractivity contribution in [2.45, 2.75) is 25.4 Å². The third kappa shape index (κ3) is 3.67. The van der Waals surface area contributed by atoms with Gasteiger partial charge in [0, 0.05) is 33.3 Å². The lowest BCUT2D eigenvalue weighted by atomic mass is 9.97. The number of piperidine rings is 1. The zero-order valence-corrected chi connectivity index (χ0v) is 11.4. The van der Waals surface area contributed by atoms with Crippen molar-refractivity contribution in [3.63, 3.8) is 0 Å². The third-order valence-electron chi connectivity index (χ3n) is 4.12. The van der Waals surface area contributed by atoms with E-state index in [-0.39, 0.29) is 17.9 Å². The number of carbonyl (C=O) groups excluding carboxylic acids is 1. The number of likely N-dealkylation sites (tertiary alicyclic amines) is 2. The summed E-state index contributed by atoms with van der Waals surface area (Å²) >= 11 is 0. The largest absolute Gasteiger partial charge is 0.481 e. The van der Waals surface area contributed by atoms with Gasteiger partial charge in [0.25, 0.3) is 0 Å². The van der Waals surface area contributed by atoms with Gasteiger partial charge in [0.2, 0.25) is 5.91 Å². The number of aliphatic carboxylic acids is 1. The number of hydrogen-bond donors (Lipinski definition) is 1. The van der Waals surface area contributed by atoms with Gasteiger partial charge in [-0.25, -0.2) is 0 Å². The molecule has 6 heteroatoms. The van der Waals surface area contributed by atoms with Crippen molar-refractivity contribution < 1.29 is 19.4 Å². The molecule has 2 saturated heterocycles. The SMILES string of the molecule is COC1CCN(CC(=O)N2CCC(C(=O)O)CC2)C1. The van der Waals surface area contributed by atoms with Crippen molar-refractivity contribution >= 4 is 11.9 Å². The summed E-state index contributed by atoms with van der Waals surface area (Å²) in [5, 5.41) is 8.92. The fourth-order valence-electron chi connectivity index (χ4n) is 2.80. The Balaban J connectivity index is 1.74. The summed E-state index contributed by atoms with van der Waals surface area (Å²) in [5.74, 6) is -0.913. The minimum absolute atomic E-state index is 0.112. The Labute approximate surface area is 113 Å². The van der Waals surface area contributed by atoms with Gasteiger partial charge in [-0.05, 0) is 19.3 Å². The number of methoxy groups -OCH3 is 1. The number of carboxylic acids is 1. The average molecular weight is 270 g/mol. The van der Waals surface area contributed by atoms with Gasteiger partial charge in [-0.2, -0.15) is 0 Å². The van der Waals surface area contributed by atoms with E-state index >= 15 is 0 Å². The second-order valence-corrected chi connectivity index (χ2v) is 5.37. The van der Waals surface area contributed by atoms with Gasteiger partial charge in [0.15, 0.2) is 0 Å². The molecule has 2 rings (SSSR count). The number of rotatable bonds is 4. The third-order valence-corrected chi connectivity index (χ3v) is 4.12. The van der Waals surface area contributed by atoms with Gasteiger partial charge in [0.1, 0.15) is 0 Å². The molecule has 108 valence electrons. The molecule has 1 atom stereocenters. The molecule has 19 heavy (non-hydrogen) atoms. The highest BCUT2D eigenvalue weighted by Gasteiger charge is 2.29. The summed E-state index contributed by atoms with van der Waals surface area (Å²) < 4.78 is 5.28. The fourth-order valence-corrected chi connectivity index (χ4v) is 2.80. The standard InChI is InChI=1S/C13H22N2O4/c1-19-11-4-5-14(8-11)9-12(16)15-6-2-10(3-7-15)13(17)18/h10-11H,2-9H2,1H3,(H,17,18). The van der Waals surface area contributed by atoms with Crippen LogP contribution in [0, 0.1) is 5.92 Å². The molecule has 2 aliphatic rings. The predicted molar refractivity (Wildman–Crippen MR) is 68.8 cm³/mol. The molecule has 2 heterocycles. The Morgan fingerprint density at radius 1 is 1.21 bits per heavy atom. The van der Waals surface area contributed by atoms with Crippen molar-refractivity contribution in [2.75, 3.05) is 39.8 Å². The number of carbonyl (C=O) groups is 2. The van der Waals surface area contributed by atoms with Gasteiger partial charge in [-0.1, -0.05) is 0 Å². The van der Waals surface area contributed by atoms with Gasteiger partial charge in [-0.15, -0.1) is 0 Å². The van der Waals surface area contributed by atoms with E-state index in [4.69, 9.17) is 9.84 Å². The van der Waals surface area contributed by atoms with Crippen LogP contribution in [0.25, 0.3) is 0 Å². The van der Waals surface area contributed by atoms with Crippen LogP contribution in [0.3, 0.4) is 0 Å². The number of nitrogens with zero attached hydrogens (tertiary/aromatic N) is 2. The van der Waals surface area contributed by atoms with Crippen LogP contribution in [-0.2, 0) is 14.3 Å². The molecule has 0 aromatic heterocycles. The molecule has 0 radical (unpaired) electrons. The smallest absolute Gasteiger partial charge is 0.306 e. The maximum Gasteiger partial charge on any atom is 0.306 e. The molecule has 0 aromatic rings. The van der Waals surface area contributed by atoms with Crippen LogP contribution >= 0.6 is 0 Å². The van der Waals surface area contributed by atoms with E-state index in [0.29, 0.717) is 32.5 Å². The number of carboxylic acid groups (broad SMARTS) is 1. The Hall–Kier alpha value is -1.14. The second-order valence-electron chi connectivity index (χ2n) is 5.37. The summed E-state index contributed by atoms with van der Waals surface area (Å²) in [6, 6.07) is 0. The molecule has 1 N–H and O–H groups in total. The molecule has 2 fully saturated rings. The molecule has 2 aliphatic heterocycles. The maximum atomic E-state index is 12.1. The fraction of sp³-hybridized carbons (Fsp3) is 0.846. The maximum absolute atomic E-state index is 12.1. The Bertz CT molecular complexity index is 340. The lowest BCUT2D eigenvalue weighted by Crippen LogP contribution is -2.44. The number of ether oxygens (including phenoxy) is 1. The van der Waals surface area contributed by atoms with Gasteiger partial charge < -0.3 is 14.7 Å². The van der Waals surface area contributed by atoms with Gasteiger partial charge >= 0.3 is 5.97 Å². The van der Waals surface area contributed by atoms with Crippen molar-refractivity contribution in [2.24, 2.45) is 5.92 Å². The minimum Gasteiger partial charge on any atom is -0.481 e. The molecule has 0 aromatic carbocycles. The minimum atomic E-state index is -0.741. The topological polar surface area (TPSA) is 70.1 Å². The first-order chi connectivity index (χ1) is 9.10. The summed E-state index contributed by atoms with van der Waals surface area (Å²) in [7, 11) is 1.70. The van der Waals surface area contributed by atoms with E-state index in [1.807, 2.05) is 0 Å². The van der Waals surface area contributed by atoms with Crippen LogP contribution in [0.5, 0.6) is 0 Å². The quantitative estimate of drug-likeness (QED) is 0.780. The van der Waals surface area contributed by atoms with E-state index < -0.39 is 5.97 Å². The van der Waals surface area contributed by atoms with E-state index in [2.05, 4.69) is 4.90 Å². The molecule has 0 spiro atoms. The number of hydrogen-bond acceptors (Lipinski definition) is 4. The van der Waals surface area contributed by atoms with Gasteiger partial charge in [0.05, 0.1) is 18.6 Å². The van der Waals surface area contributed by atoms with Gasteiger partial charge in [-0.3, -0.25) is 14.5 Å². The summed E-state index contributed by atoms with van der Waals surface area (Å²) in [6.45, 7) is 3.27. The molecular weight excluding hydrogens is 248 g/mol. The van der Waals surface area contributed by atoms with E-state index in [9.17, 15) is 9.59 Å². The molecule has 0 aliphatic carbocycles. The van der Waals surface area contributed by atoms with E-state index in [0.717, 1.165) is 19.5 Å². The van der Waals surface area contributed by atoms with Crippen LogP contribution in [0.2, 0.25) is 0 Å². The van der Waals surface area contributed by atoms with Crippen molar-refractivity contribution in [3.05, 3.63) is 0 Å². The zero-order valence-electron chi connectivity index (χ0n) is 11.4. The Kier molecular flexibility index (Phi) is 4.76. The van der Waals surface area contributed by atoms with Crippen LogP contribution < -0.4 is 0 Å². The highest BCUT2D eigenvalue weighted by Crippen LogP contribution is 2.18. The van der Waals surface area contributed by atoms with Crippen LogP contribution in [0.4, 0.5) is 0 Å². The molecule has 1 amide bonds. The predicted octanol–water partition coefficient (Wildman–Crippen LogP) is 0.0303. The summed E-state index contributed by atoms with van der Waals surface area (Å²) in [5.41, 5.74) is 0. The van der Waals surface area contributed by atoms with E-state index in [1.54, 1.807) is 12.0 Å². The molecular formula is C13H22N2O4. The molecule has 0 saturated carbocycles. The van der Waals surface area contributed by atoms with Crippen LogP contribution in [0.1, 0.15) is 19.3 Å².